The summed E-state index contributed by atoms with van der Waals surface area (Å²) in [6.45, 7) is 5.72. The number of nitrogens with zero attached hydrogens (tertiary/aromatic N) is 4. The van der Waals surface area contributed by atoms with Crippen molar-refractivity contribution in [3.63, 3.8) is 0 Å². The Morgan fingerprint density at radius 2 is 1.96 bits per heavy atom. The maximum absolute atomic E-state index is 4.71. The first kappa shape index (κ1) is 19.4. The van der Waals surface area contributed by atoms with Crippen LogP contribution in [0.15, 0.2) is 35.3 Å². The Balaban J connectivity index is 1.44. The second-order valence-corrected chi connectivity index (χ2v) is 7.02. The number of aromatic nitrogens is 3. The summed E-state index contributed by atoms with van der Waals surface area (Å²) in [6.07, 6.45) is 7.79. The molecule has 3 rings (SSSR count). The minimum Gasteiger partial charge on any atom is -0.357 e. The zero-order valence-corrected chi connectivity index (χ0v) is 16.5. The fourth-order valence-corrected chi connectivity index (χ4v) is 3.47. The zero-order valence-electron chi connectivity index (χ0n) is 16.5. The maximum atomic E-state index is 4.71. The molecule has 1 aliphatic rings. The van der Waals surface area contributed by atoms with Gasteiger partial charge in [-0.25, -0.2) is 0 Å². The Bertz CT molecular complexity index is 707. The fraction of sp³-hybridized carbons (Fsp3) is 0.571. The fourth-order valence-electron chi connectivity index (χ4n) is 3.47. The third-order valence-electron chi connectivity index (χ3n) is 4.91. The van der Waals surface area contributed by atoms with Gasteiger partial charge < -0.3 is 15.2 Å². The smallest absolute Gasteiger partial charge is 0.191 e. The second-order valence-electron chi connectivity index (χ2n) is 7.02. The highest BCUT2D eigenvalue weighted by atomic mass is 15.3. The molecule has 6 heteroatoms. The lowest BCUT2D eigenvalue weighted by molar-refractivity contribution is 0.597. The van der Waals surface area contributed by atoms with Crippen LogP contribution in [-0.2, 0) is 25.8 Å². The van der Waals surface area contributed by atoms with E-state index in [2.05, 4.69) is 62.7 Å². The predicted molar refractivity (Wildman–Crippen MR) is 110 cm³/mol. The summed E-state index contributed by atoms with van der Waals surface area (Å²) in [6, 6.07) is 10.5. The maximum Gasteiger partial charge on any atom is 0.191 e. The quantitative estimate of drug-likeness (QED) is 0.427. The number of fused-ring (bicyclic) bond motifs is 1. The molecule has 0 fully saturated rings. The minimum absolute atomic E-state index is 0.795. The van der Waals surface area contributed by atoms with Gasteiger partial charge in [0.15, 0.2) is 5.96 Å². The summed E-state index contributed by atoms with van der Waals surface area (Å²) in [5, 5.41) is 15.5. The molecule has 0 saturated heterocycles. The van der Waals surface area contributed by atoms with E-state index in [-0.39, 0.29) is 0 Å². The van der Waals surface area contributed by atoms with E-state index in [0.717, 1.165) is 63.6 Å². The molecule has 2 aromatic rings. The first-order valence-electron chi connectivity index (χ1n) is 10.3. The molecule has 2 N–H and O–H groups in total. The van der Waals surface area contributed by atoms with Crippen molar-refractivity contribution in [3.05, 3.63) is 47.5 Å². The SMILES string of the molecule is CCNC(=NCCCc1nnc2n1CCCCC2)NCCc1ccccc1. The van der Waals surface area contributed by atoms with Crippen LogP contribution in [-0.4, -0.2) is 40.4 Å². The number of nitrogens with one attached hydrogen (secondary N) is 2. The van der Waals surface area contributed by atoms with Gasteiger partial charge in [0, 0.05) is 39.0 Å². The van der Waals surface area contributed by atoms with Gasteiger partial charge >= 0.3 is 0 Å². The normalized spacial score (nSPS) is 14.5. The molecule has 0 spiro atoms. The van der Waals surface area contributed by atoms with Gasteiger partial charge in [-0.3, -0.25) is 4.99 Å². The summed E-state index contributed by atoms with van der Waals surface area (Å²) in [5.74, 6) is 3.19. The lowest BCUT2D eigenvalue weighted by Crippen LogP contribution is -2.38. The number of aliphatic imine (C=N–C) groups is 1. The number of benzene rings is 1. The predicted octanol–water partition coefficient (Wildman–Crippen LogP) is 2.73. The molecule has 1 aliphatic heterocycles. The van der Waals surface area contributed by atoms with Crippen molar-refractivity contribution in [2.75, 3.05) is 19.6 Å². The zero-order chi connectivity index (χ0) is 18.7. The summed E-state index contributed by atoms with van der Waals surface area (Å²) >= 11 is 0. The highest BCUT2D eigenvalue weighted by Gasteiger charge is 2.13. The van der Waals surface area contributed by atoms with E-state index in [0.29, 0.717) is 0 Å². The molecule has 6 nitrogen and oxygen atoms in total. The van der Waals surface area contributed by atoms with Crippen molar-refractivity contribution in [2.24, 2.45) is 4.99 Å². The van der Waals surface area contributed by atoms with Crippen molar-refractivity contribution >= 4 is 5.96 Å². The average Bonchev–Trinajstić information content (AvgIpc) is 2.92. The van der Waals surface area contributed by atoms with E-state index in [1.807, 2.05) is 0 Å². The first-order valence-corrected chi connectivity index (χ1v) is 10.3. The molecule has 2 heterocycles. The van der Waals surface area contributed by atoms with Crippen LogP contribution in [0.5, 0.6) is 0 Å². The van der Waals surface area contributed by atoms with Crippen LogP contribution >= 0.6 is 0 Å². The van der Waals surface area contributed by atoms with E-state index in [1.54, 1.807) is 0 Å². The number of hydrogen-bond donors (Lipinski definition) is 2. The Morgan fingerprint density at radius 3 is 2.81 bits per heavy atom. The van der Waals surface area contributed by atoms with Crippen LogP contribution in [0.25, 0.3) is 0 Å². The monoisotopic (exact) mass is 368 g/mol. The topological polar surface area (TPSA) is 67.1 Å². The molecule has 146 valence electrons. The van der Waals surface area contributed by atoms with Crippen LogP contribution in [0.1, 0.15) is 49.8 Å². The second kappa shape index (κ2) is 10.7. The van der Waals surface area contributed by atoms with Gasteiger partial charge in [0.05, 0.1) is 0 Å². The van der Waals surface area contributed by atoms with Crippen molar-refractivity contribution < 1.29 is 0 Å². The van der Waals surface area contributed by atoms with E-state index in [1.165, 1.54) is 30.7 Å². The van der Waals surface area contributed by atoms with Crippen LogP contribution in [0, 0.1) is 0 Å². The molecule has 0 radical (unpaired) electrons. The largest absolute Gasteiger partial charge is 0.357 e. The molecule has 1 aromatic heterocycles. The lowest BCUT2D eigenvalue weighted by atomic mass is 10.1. The van der Waals surface area contributed by atoms with Crippen LogP contribution in [0.3, 0.4) is 0 Å². The third-order valence-corrected chi connectivity index (χ3v) is 4.91. The van der Waals surface area contributed by atoms with Gasteiger partial charge in [-0.15, -0.1) is 10.2 Å². The van der Waals surface area contributed by atoms with Gasteiger partial charge in [-0.1, -0.05) is 36.8 Å². The summed E-state index contributed by atoms with van der Waals surface area (Å²) < 4.78 is 2.33. The Labute approximate surface area is 162 Å². The number of guanidine groups is 1. The van der Waals surface area contributed by atoms with Gasteiger partial charge in [0.1, 0.15) is 11.6 Å². The van der Waals surface area contributed by atoms with Crippen LogP contribution in [0.2, 0.25) is 0 Å². The van der Waals surface area contributed by atoms with Gasteiger partial charge in [0.2, 0.25) is 0 Å². The standard InChI is InChI=1S/C21H32N6/c1-2-22-21(24-16-14-18-10-5-3-6-11-18)23-15-9-13-20-26-25-19-12-7-4-8-17-27(19)20/h3,5-6,10-11H,2,4,7-9,12-17H2,1H3,(H2,22,23,24). The third kappa shape index (κ3) is 6.08. The van der Waals surface area contributed by atoms with E-state index in [4.69, 9.17) is 4.99 Å². The summed E-state index contributed by atoms with van der Waals surface area (Å²) in [7, 11) is 0. The van der Waals surface area contributed by atoms with E-state index in [9.17, 15) is 0 Å². The van der Waals surface area contributed by atoms with Crippen LogP contribution in [0.4, 0.5) is 0 Å². The first-order chi connectivity index (χ1) is 13.4. The molecule has 0 amide bonds. The Kier molecular flexibility index (Phi) is 7.69. The number of rotatable bonds is 8. The molecule has 0 atom stereocenters. The highest BCUT2D eigenvalue weighted by Crippen LogP contribution is 2.15. The van der Waals surface area contributed by atoms with Gasteiger partial charge in [0.25, 0.3) is 0 Å². The molecular weight excluding hydrogens is 336 g/mol. The summed E-state index contributed by atoms with van der Waals surface area (Å²) in [5.41, 5.74) is 1.34. The summed E-state index contributed by atoms with van der Waals surface area (Å²) in [4.78, 5) is 4.71. The van der Waals surface area contributed by atoms with Crippen molar-refractivity contribution in [3.8, 4) is 0 Å². The van der Waals surface area contributed by atoms with Crippen molar-refractivity contribution in [2.45, 2.75) is 58.4 Å². The Morgan fingerprint density at radius 1 is 1.07 bits per heavy atom. The minimum atomic E-state index is 0.795. The molecule has 27 heavy (non-hydrogen) atoms. The average molecular weight is 369 g/mol. The molecular formula is C21H32N6. The number of hydrogen-bond acceptors (Lipinski definition) is 3. The molecule has 1 aromatic carbocycles. The molecule has 0 bridgehead atoms. The van der Waals surface area contributed by atoms with Crippen molar-refractivity contribution in [1.29, 1.82) is 0 Å². The molecule has 0 saturated carbocycles. The van der Waals surface area contributed by atoms with Crippen LogP contribution < -0.4 is 10.6 Å². The molecule has 0 unspecified atom stereocenters. The van der Waals surface area contributed by atoms with E-state index >= 15 is 0 Å². The lowest BCUT2D eigenvalue weighted by Gasteiger charge is -2.11. The number of aryl methyl sites for hydroxylation is 2. The van der Waals surface area contributed by atoms with E-state index < -0.39 is 0 Å². The van der Waals surface area contributed by atoms with Crippen molar-refractivity contribution in [1.82, 2.24) is 25.4 Å². The van der Waals surface area contributed by atoms with Gasteiger partial charge in [-0.2, -0.15) is 0 Å². The Hall–Kier alpha value is -2.37. The highest BCUT2D eigenvalue weighted by molar-refractivity contribution is 5.79. The molecule has 0 aliphatic carbocycles. The van der Waals surface area contributed by atoms with Gasteiger partial charge in [-0.05, 0) is 38.2 Å².